The normalized spacial score (nSPS) is 18.1. The van der Waals surface area contributed by atoms with Gasteiger partial charge in [0.25, 0.3) is 0 Å². The van der Waals surface area contributed by atoms with Crippen LogP contribution in [0.25, 0.3) is 0 Å². The lowest BCUT2D eigenvalue weighted by atomic mass is 10.2. The van der Waals surface area contributed by atoms with Crippen molar-refractivity contribution in [3.8, 4) is 0 Å². The number of rotatable bonds is 4. The number of amides is 1. The van der Waals surface area contributed by atoms with Crippen LogP contribution in [-0.2, 0) is 9.53 Å². The number of hydrogen-bond donors (Lipinski definition) is 1. The van der Waals surface area contributed by atoms with Crippen LogP contribution >= 0.6 is 0 Å². The van der Waals surface area contributed by atoms with E-state index in [0.717, 1.165) is 5.76 Å². The van der Waals surface area contributed by atoms with E-state index in [4.69, 9.17) is 9.15 Å². The summed E-state index contributed by atoms with van der Waals surface area (Å²) in [5, 5.41) is 3.16. The molecule has 2 heterocycles. The summed E-state index contributed by atoms with van der Waals surface area (Å²) in [5.74, 6) is 0.964. The van der Waals surface area contributed by atoms with E-state index in [0.29, 0.717) is 32.8 Å². The van der Waals surface area contributed by atoms with Gasteiger partial charge in [0.2, 0.25) is 5.91 Å². The summed E-state index contributed by atoms with van der Waals surface area (Å²) < 4.78 is 10.5. The van der Waals surface area contributed by atoms with Crippen LogP contribution in [0, 0.1) is 0 Å². The summed E-state index contributed by atoms with van der Waals surface area (Å²) in [6.45, 7) is 4.97. The maximum Gasteiger partial charge on any atom is 0.236 e. The molecule has 0 radical (unpaired) electrons. The molecule has 94 valence electrons. The van der Waals surface area contributed by atoms with E-state index in [1.54, 1.807) is 6.26 Å². The molecule has 0 aromatic carbocycles. The van der Waals surface area contributed by atoms with Gasteiger partial charge in [-0.15, -0.1) is 0 Å². The zero-order valence-corrected chi connectivity index (χ0v) is 10.0. The van der Waals surface area contributed by atoms with E-state index < -0.39 is 0 Å². The minimum absolute atomic E-state index is 0.0509. The van der Waals surface area contributed by atoms with Crippen molar-refractivity contribution in [2.24, 2.45) is 0 Å². The minimum Gasteiger partial charge on any atom is -0.468 e. The van der Waals surface area contributed by atoms with E-state index in [9.17, 15) is 4.79 Å². The topological polar surface area (TPSA) is 54.7 Å². The summed E-state index contributed by atoms with van der Waals surface area (Å²) >= 11 is 0. The molecule has 0 unspecified atom stereocenters. The second-order valence-electron chi connectivity index (χ2n) is 4.11. The van der Waals surface area contributed by atoms with Crippen molar-refractivity contribution in [3.63, 3.8) is 0 Å². The molecule has 1 amide bonds. The molecule has 1 saturated heterocycles. The van der Waals surface area contributed by atoms with Crippen molar-refractivity contribution in [2.75, 3.05) is 32.8 Å². The Morgan fingerprint density at radius 1 is 1.53 bits per heavy atom. The summed E-state index contributed by atoms with van der Waals surface area (Å²) in [4.78, 5) is 13.7. The van der Waals surface area contributed by atoms with E-state index in [1.165, 1.54) is 0 Å². The summed E-state index contributed by atoms with van der Waals surface area (Å²) in [6, 6.07) is 3.80. The van der Waals surface area contributed by atoms with Gasteiger partial charge in [-0.05, 0) is 19.1 Å². The number of carbonyl (C=O) groups excluding carboxylic acids is 1. The summed E-state index contributed by atoms with van der Waals surface area (Å²) in [6.07, 6.45) is 1.64. The van der Waals surface area contributed by atoms with Crippen molar-refractivity contribution >= 4 is 5.91 Å². The lowest BCUT2D eigenvalue weighted by Gasteiger charge is -2.27. The Morgan fingerprint density at radius 2 is 2.29 bits per heavy atom. The molecule has 1 atom stereocenters. The van der Waals surface area contributed by atoms with Crippen LogP contribution in [-0.4, -0.2) is 43.7 Å². The van der Waals surface area contributed by atoms with Gasteiger partial charge in [0.1, 0.15) is 5.76 Å². The van der Waals surface area contributed by atoms with Gasteiger partial charge in [-0.2, -0.15) is 0 Å². The molecule has 1 aromatic heterocycles. The van der Waals surface area contributed by atoms with E-state index in [1.807, 2.05) is 24.0 Å². The van der Waals surface area contributed by atoms with Gasteiger partial charge in [-0.1, -0.05) is 0 Å². The van der Waals surface area contributed by atoms with Crippen LogP contribution in [0.15, 0.2) is 22.8 Å². The molecular formula is C12H18N2O3. The zero-order valence-electron chi connectivity index (χ0n) is 10.0. The number of hydrogen-bond acceptors (Lipinski definition) is 4. The first-order valence-corrected chi connectivity index (χ1v) is 5.89. The SMILES string of the molecule is C[C@@H](NCC(=O)N1CCOCC1)c1ccco1. The second kappa shape index (κ2) is 5.84. The first-order chi connectivity index (χ1) is 8.27. The van der Waals surface area contributed by atoms with E-state index >= 15 is 0 Å². The van der Waals surface area contributed by atoms with E-state index in [-0.39, 0.29) is 11.9 Å². The van der Waals surface area contributed by atoms with Crippen molar-refractivity contribution in [3.05, 3.63) is 24.2 Å². The Hall–Kier alpha value is -1.33. The first kappa shape index (κ1) is 12.1. The fourth-order valence-electron chi connectivity index (χ4n) is 1.80. The van der Waals surface area contributed by atoms with Gasteiger partial charge >= 0.3 is 0 Å². The van der Waals surface area contributed by atoms with Gasteiger partial charge in [0.15, 0.2) is 0 Å². The molecule has 0 aliphatic carbocycles. The number of ether oxygens (including phenoxy) is 1. The Morgan fingerprint density at radius 3 is 2.94 bits per heavy atom. The minimum atomic E-state index is 0.0509. The van der Waals surface area contributed by atoms with Crippen LogP contribution in [0.4, 0.5) is 0 Å². The predicted molar refractivity (Wildman–Crippen MR) is 62.5 cm³/mol. The number of morpholine rings is 1. The highest BCUT2D eigenvalue weighted by molar-refractivity contribution is 5.78. The van der Waals surface area contributed by atoms with Gasteiger partial charge in [0.05, 0.1) is 32.1 Å². The number of nitrogens with one attached hydrogen (secondary N) is 1. The summed E-state index contributed by atoms with van der Waals surface area (Å²) in [5.41, 5.74) is 0. The number of nitrogens with zero attached hydrogens (tertiary/aromatic N) is 1. The standard InChI is InChI=1S/C12H18N2O3/c1-10(11-3-2-6-17-11)13-9-12(15)14-4-7-16-8-5-14/h2-3,6,10,13H,4-5,7-9H2,1H3/t10-/m1/s1. The van der Waals surface area contributed by atoms with Crippen LogP contribution in [0.5, 0.6) is 0 Å². The van der Waals surface area contributed by atoms with Gasteiger partial charge in [0, 0.05) is 13.1 Å². The Kier molecular flexibility index (Phi) is 4.17. The third-order valence-electron chi connectivity index (χ3n) is 2.89. The largest absolute Gasteiger partial charge is 0.468 e. The van der Waals surface area contributed by atoms with Crippen LogP contribution in [0.2, 0.25) is 0 Å². The van der Waals surface area contributed by atoms with Gasteiger partial charge in [-0.25, -0.2) is 0 Å². The molecule has 1 fully saturated rings. The average Bonchev–Trinajstić information content (AvgIpc) is 2.90. The van der Waals surface area contributed by atoms with E-state index in [2.05, 4.69) is 5.32 Å². The smallest absolute Gasteiger partial charge is 0.236 e. The first-order valence-electron chi connectivity index (χ1n) is 5.89. The predicted octanol–water partition coefficient (Wildman–Crippen LogP) is 0.789. The Labute approximate surface area is 101 Å². The van der Waals surface area contributed by atoms with Crippen LogP contribution < -0.4 is 5.32 Å². The van der Waals surface area contributed by atoms with Crippen molar-refractivity contribution < 1.29 is 13.9 Å². The maximum absolute atomic E-state index is 11.8. The molecule has 1 aliphatic heterocycles. The molecule has 1 aromatic rings. The highest BCUT2D eigenvalue weighted by atomic mass is 16.5. The third kappa shape index (κ3) is 3.31. The molecule has 5 nitrogen and oxygen atoms in total. The molecule has 1 N–H and O–H groups in total. The monoisotopic (exact) mass is 238 g/mol. The Balaban J connectivity index is 1.75. The van der Waals surface area contributed by atoms with Crippen molar-refractivity contribution in [1.82, 2.24) is 10.2 Å². The molecule has 17 heavy (non-hydrogen) atoms. The Bertz CT molecular complexity index is 345. The molecule has 2 rings (SSSR count). The fourth-order valence-corrected chi connectivity index (χ4v) is 1.80. The van der Waals surface area contributed by atoms with Crippen molar-refractivity contribution in [1.29, 1.82) is 0 Å². The fraction of sp³-hybridized carbons (Fsp3) is 0.583. The third-order valence-corrected chi connectivity index (χ3v) is 2.89. The number of furan rings is 1. The number of carbonyl (C=O) groups is 1. The highest BCUT2D eigenvalue weighted by Crippen LogP contribution is 2.11. The lowest BCUT2D eigenvalue weighted by molar-refractivity contribution is -0.134. The molecular weight excluding hydrogens is 220 g/mol. The van der Waals surface area contributed by atoms with Crippen LogP contribution in [0.3, 0.4) is 0 Å². The quantitative estimate of drug-likeness (QED) is 0.842. The summed E-state index contributed by atoms with van der Waals surface area (Å²) in [7, 11) is 0. The second-order valence-corrected chi connectivity index (χ2v) is 4.11. The average molecular weight is 238 g/mol. The van der Waals surface area contributed by atoms with Gasteiger partial charge in [-0.3, -0.25) is 10.1 Å². The highest BCUT2D eigenvalue weighted by Gasteiger charge is 2.17. The molecule has 0 saturated carbocycles. The van der Waals surface area contributed by atoms with Crippen molar-refractivity contribution in [2.45, 2.75) is 13.0 Å². The van der Waals surface area contributed by atoms with Gasteiger partial charge < -0.3 is 14.1 Å². The zero-order chi connectivity index (χ0) is 12.1. The van der Waals surface area contributed by atoms with Crippen LogP contribution in [0.1, 0.15) is 18.7 Å². The molecule has 5 heteroatoms. The maximum atomic E-state index is 11.8. The molecule has 1 aliphatic rings. The molecule has 0 spiro atoms. The molecule has 0 bridgehead atoms. The lowest BCUT2D eigenvalue weighted by Crippen LogP contribution is -2.45.